The summed E-state index contributed by atoms with van der Waals surface area (Å²) in [5.74, 6) is -0.139. The van der Waals surface area contributed by atoms with Gasteiger partial charge in [0.2, 0.25) is 11.8 Å². The average molecular weight is 361 g/mol. The van der Waals surface area contributed by atoms with Crippen molar-refractivity contribution >= 4 is 17.7 Å². The molecule has 0 N–H and O–H groups in total. The van der Waals surface area contributed by atoms with Crippen molar-refractivity contribution in [1.82, 2.24) is 24.7 Å². The fourth-order valence-corrected chi connectivity index (χ4v) is 2.89. The minimum Gasteiger partial charge on any atom is -0.339 e. The van der Waals surface area contributed by atoms with E-state index in [0.717, 1.165) is 12.8 Å². The monoisotopic (exact) mass is 361 g/mol. The lowest BCUT2D eigenvalue weighted by Crippen LogP contribution is -2.50. The molecule has 0 radical (unpaired) electrons. The molecule has 0 spiro atoms. The van der Waals surface area contributed by atoms with E-state index in [4.69, 9.17) is 0 Å². The lowest BCUT2D eigenvalue weighted by Gasteiger charge is -2.34. The van der Waals surface area contributed by atoms with Gasteiger partial charge in [-0.2, -0.15) is 0 Å². The molecule has 0 aromatic carbocycles. The topological polar surface area (TPSA) is 86.7 Å². The summed E-state index contributed by atoms with van der Waals surface area (Å²) in [6.45, 7) is 6.79. The second-order valence-corrected chi connectivity index (χ2v) is 6.37. The quantitative estimate of drug-likeness (QED) is 0.717. The zero-order valence-electron chi connectivity index (χ0n) is 15.6. The van der Waals surface area contributed by atoms with E-state index in [0.29, 0.717) is 45.0 Å². The van der Waals surface area contributed by atoms with Crippen LogP contribution in [0.5, 0.6) is 0 Å². The number of carbonyl (C=O) groups is 3. The number of unbranched alkanes of at least 4 members (excludes halogenated alkanes) is 1. The van der Waals surface area contributed by atoms with Crippen LogP contribution >= 0.6 is 0 Å². The molecule has 1 aliphatic rings. The molecule has 0 saturated carbocycles. The van der Waals surface area contributed by atoms with Gasteiger partial charge in [0, 0.05) is 65.0 Å². The Morgan fingerprint density at radius 2 is 1.77 bits per heavy atom. The van der Waals surface area contributed by atoms with Gasteiger partial charge in [-0.05, 0) is 6.42 Å². The summed E-state index contributed by atoms with van der Waals surface area (Å²) < 4.78 is 0. The molecule has 0 atom stereocenters. The lowest BCUT2D eigenvalue weighted by atomic mass is 10.2. The van der Waals surface area contributed by atoms with Crippen molar-refractivity contribution in [2.24, 2.45) is 0 Å². The number of aromatic nitrogens is 2. The third-order valence-corrected chi connectivity index (χ3v) is 4.52. The molecule has 142 valence electrons. The van der Waals surface area contributed by atoms with Crippen LogP contribution in [0.25, 0.3) is 0 Å². The molecule has 1 fully saturated rings. The molecule has 3 amide bonds. The largest absolute Gasteiger partial charge is 0.339 e. The Morgan fingerprint density at radius 3 is 2.35 bits per heavy atom. The van der Waals surface area contributed by atoms with Crippen molar-refractivity contribution in [3.63, 3.8) is 0 Å². The maximum atomic E-state index is 12.6. The SMILES string of the molecule is CCCCN(CCC(=O)N1CCN(C(C)=O)CC1)C(=O)c1cnccn1. The Kier molecular flexibility index (Phi) is 7.50. The highest BCUT2D eigenvalue weighted by Gasteiger charge is 2.24. The molecular weight excluding hydrogens is 334 g/mol. The number of hydrogen-bond acceptors (Lipinski definition) is 5. The zero-order chi connectivity index (χ0) is 18.9. The number of amides is 3. The summed E-state index contributed by atoms with van der Waals surface area (Å²) in [6.07, 6.45) is 6.57. The summed E-state index contributed by atoms with van der Waals surface area (Å²) in [6, 6.07) is 0. The average Bonchev–Trinajstić information content (AvgIpc) is 2.68. The van der Waals surface area contributed by atoms with E-state index < -0.39 is 0 Å². The fourth-order valence-electron chi connectivity index (χ4n) is 2.89. The van der Waals surface area contributed by atoms with Crippen LogP contribution in [-0.2, 0) is 9.59 Å². The Hall–Kier alpha value is -2.51. The second-order valence-electron chi connectivity index (χ2n) is 6.37. The summed E-state index contributed by atoms with van der Waals surface area (Å²) in [7, 11) is 0. The Balaban J connectivity index is 1.89. The first kappa shape index (κ1) is 19.8. The molecule has 1 aromatic rings. The van der Waals surface area contributed by atoms with Gasteiger partial charge in [-0.3, -0.25) is 19.4 Å². The van der Waals surface area contributed by atoms with E-state index in [9.17, 15) is 14.4 Å². The van der Waals surface area contributed by atoms with Gasteiger partial charge >= 0.3 is 0 Å². The van der Waals surface area contributed by atoms with Crippen LogP contribution in [0.4, 0.5) is 0 Å². The molecule has 8 heteroatoms. The van der Waals surface area contributed by atoms with Crippen LogP contribution in [0.2, 0.25) is 0 Å². The number of carbonyl (C=O) groups excluding carboxylic acids is 3. The maximum Gasteiger partial charge on any atom is 0.274 e. The van der Waals surface area contributed by atoms with Crippen molar-refractivity contribution in [2.45, 2.75) is 33.1 Å². The number of rotatable bonds is 7. The highest BCUT2D eigenvalue weighted by atomic mass is 16.2. The van der Waals surface area contributed by atoms with Crippen LogP contribution in [0.15, 0.2) is 18.6 Å². The first-order chi connectivity index (χ1) is 12.5. The lowest BCUT2D eigenvalue weighted by molar-refractivity contribution is -0.138. The molecule has 1 aromatic heterocycles. The molecule has 0 unspecified atom stereocenters. The molecule has 26 heavy (non-hydrogen) atoms. The van der Waals surface area contributed by atoms with Gasteiger partial charge in [0.1, 0.15) is 5.69 Å². The van der Waals surface area contributed by atoms with E-state index in [1.54, 1.807) is 21.6 Å². The van der Waals surface area contributed by atoms with Crippen molar-refractivity contribution in [2.75, 3.05) is 39.3 Å². The van der Waals surface area contributed by atoms with Gasteiger partial charge < -0.3 is 14.7 Å². The normalized spacial score (nSPS) is 14.2. The van der Waals surface area contributed by atoms with Crippen LogP contribution in [0.3, 0.4) is 0 Å². The Bertz CT molecular complexity index is 615. The van der Waals surface area contributed by atoms with Crippen LogP contribution in [0, 0.1) is 0 Å². The third-order valence-electron chi connectivity index (χ3n) is 4.52. The molecule has 2 rings (SSSR count). The van der Waals surface area contributed by atoms with Crippen molar-refractivity contribution in [3.8, 4) is 0 Å². The standard InChI is InChI=1S/C18H27N5O3/c1-3-4-8-23(18(26)16-14-19-6-7-20-16)9-5-17(25)22-12-10-21(11-13-22)15(2)24/h6-7,14H,3-5,8-13H2,1-2H3. The van der Waals surface area contributed by atoms with Gasteiger partial charge in [0.25, 0.3) is 5.91 Å². The number of nitrogens with zero attached hydrogens (tertiary/aromatic N) is 5. The zero-order valence-corrected chi connectivity index (χ0v) is 15.6. The summed E-state index contributed by atoms with van der Waals surface area (Å²) in [4.78, 5) is 49.6. The third kappa shape index (κ3) is 5.50. The smallest absolute Gasteiger partial charge is 0.274 e. The first-order valence-electron chi connectivity index (χ1n) is 9.11. The fraction of sp³-hybridized carbons (Fsp3) is 0.611. The number of piperazine rings is 1. The Labute approximate surface area is 154 Å². The predicted octanol–water partition coefficient (Wildman–Crippen LogP) is 0.800. The minimum absolute atomic E-state index is 0.0154. The van der Waals surface area contributed by atoms with Gasteiger partial charge in [-0.1, -0.05) is 13.3 Å². The van der Waals surface area contributed by atoms with E-state index in [1.165, 1.54) is 18.6 Å². The second kappa shape index (κ2) is 9.84. The molecular formula is C18H27N5O3. The van der Waals surface area contributed by atoms with E-state index in [-0.39, 0.29) is 24.1 Å². The van der Waals surface area contributed by atoms with Crippen LogP contribution in [-0.4, -0.2) is 81.7 Å². The highest BCUT2D eigenvalue weighted by Crippen LogP contribution is 2.08. The van der Waals surface area contributed by atoms with Crippen LogP contribution in [0.1, 0.15) is 43.6 Å². The van der Waals surface area contributed by atoms with Gasteiger partial charge in [-0.15, -0.1) is 0 Å². The van der Waals surface area contributed by atoms with Crippen molar-refractivity contribution < 1.29 is 14.4 Å². The van der Waals surface area contributed by atoms with E-state index in [1.807, 2.05) is 0 Å². The van der Waals surface area contributed by atoms with Gasteiger partial charge in [0.05, 0.1) is 6.20 Å². The molecule has 1 saturated heterocycles. The maximum absolute atomic E-state index is 12.6. The summed E-state index contributed by atoms with van der Waals surface area (Å²) in [5.41, 5.74) is 0.297. The minimum atomic E-state index is -0.194. The molecule has 1 aliphatic heterocycles. The first-order valence-corrected chi connectivity index (χ1v) is 9.11. The molecule has 8 nitrogen and oxygen atoms in total. The predicted molar refractivity (Wildman–Crippen MR) is 96.3 cm³/mol. The van der Waals surface area contributed by atoms with Crippen molar-refractivity contribution in [1.29, 1.82) is 0 Å². The van der Waals surface area contributed by atoms with Crippen molar-refractivity contribution in [3.05, 3.63) is 24.3 Å². The Morgan fingerprint density at radius 1 is 1.08 bits per heavy atom. The van der Waals surface area contributed by atoms with E-state index in [2.05, 4.69) is 16.9 Å². The summed E-state index contributed by atoms with van der Waals surface area (Å²) >= 11 is 0. The number of hydrogen-bond donors (Lipinski definition) is 0. The summed E-state index contributed by atoms with van der Waals surface area (Å²) in [5, 5.41) is 0. The highest BCUT2D eigenvalue weighted by molar-refractivity contribution is 5.92. The van der Waals surface area contributed by atoms with Crippen LogP contribution < -0.4 is 0 Å². The van der Waals surface area contributed by atoms with Gasteiger partial charge in [0.15, 0.2) is 0 Å². The molecule has 0 bridgehead atoms. The molecule has 2 heterocycles. The van der Waals surface area contributed by atoms with E-state index >= 15 is 0 Å². The van der Waals surface area contributed by atoms with Gasteiger partial charge in [-0.25, -0.2) is 4.98 Å². The molecule has 0 aliphatic carbocycles.